The van der Waals surface area contributed by atoms with Gasteiger partial charge in [0, 0.05) is 11.8 Å². The molecule has 0 heterocycles. The summed E-state index contributed by atoms with van der Waals surface area (Å²) in [6.07, 6.45) is 1.94. The summed E-state index contributed by atoms with van der Waals surface area (Å²) in [5, 5.41) is 0. The Kier molecular flexibility index (Phi) is 7.44. The molecule has 2 aromatic rings. The number of rotatable bonds is 6. The molecule has 0 spiro atoms. The molecule has 0 aliphatic rings. The van der Waals surface area contributed by atoms with Crippen LogP contribution in [0.25, 0.3) is 0 Å². The SMILES string of the molecule is CC(C=O)c1ccc([I+]c2ccc(C(C)C=O)cc2)cc1.F[P-](F)(F)(F)(F)F. The van der Waals surface area contributed by atoms with Crippen LogP contribution in [0.15, 0.2) is 48.5 Å². The van der Waals surface area contributed by atoms with Crippen molar-refractivity contribution in [3.8, 4) is 0 Å². The summed E-state index contributed by atoms with van der Waals surface area (Å²) in [4.78, 5) is 21.5. The van der Waals surface area contributed by atoms with Crippen molar-refractivity contribution < 1.29 is 56.0 Å². The van der Waals surface area contributed by atoms with Crippen LogP contribution in [0.5, 0.6) is 0 Å². The van der Waals surface area contributed by atoms with E-state index >= 15 is 0 Å². The first kappa shape index (κ1) is 24.6. The van der Waals surface area contributed by atoms with Gasteiger partial charge in [0.15, 0.2) is 7.14 Å². The van der Waals surface area contributed by atoms with Gasteiger partial charge in [0.2, 0.25) is 0 Å². The van der Waals surface area contributed by atoms with Crippen LogP contribution in [0, 0.1) is 7.14 Å². The molecule has 0 aliphatic heterocycles. The molecule has 0 N–H and O–H groups in total. The Morgan fingerprint density at radius 3 is 1.14 bits per heavy atom. The summed E-state index contributed by atoms with van der Waals surface area (Å²) in [7, 11) is -10.7. The summed E-state index contributed by atoms with van der Waals surface area (Å²) >= 11 is -0.222. The molecule has 156 valence electrons. The number of hydrogen-bond acceptors (Lipinski definition) is 2. The third-order valence-corrected chi connectivity index (χ3v) is 6.10. The van der Waals surface area contributed by atoms with Gasteiger partial charge >= 0.3 is 54.2 Å². The van der Waals surface area contributed by atoms with E-state index in [0.717, 1.165) is 23.7 Å². The molecule has 10 heteroatoms. The summed E-state index contributed by atoms with van der Waals surface area (Å²) < 4.78 is 61.8. The van der Waals surface area contributed by atoms with Crippen molar-refractivity contribution in [1.29, 1.82) is 0 Å². The molecule has 0 amide bonds. The molecule has 2 unspecified atom stereocenters. The number of carbonyl (C=O) groups is 2. The molecule has 0 aromatic heterocycles. The van der Waals surface area contributed by atoms with E-state index in [1.165, 1.54) is 7.14 Å². The van der Waals surface area contributed by atoms with Crippen LogP contribution >= 0.6 is 7.81 Å². The predicted octanol–water partition coefficient (Wildman–Crippen LogP) is 3.80. The second kappa shape index (κ2) is 8.49. The molecule has 2 aromatic carbocycles. The van der Waals surface area contributed by atoms with E-state index in [1.54, 1.807) is 0 Å². The summed E-state index contributed by atoms with van der Waals surface area (Å²) in [6, 6.07) is 16.6. The van der Waals surface area contributed by atoms with E-state index in [0.29, 0.717) is 0 Å². The zero-order valence-corrected chi connectivity index (χ0v) is 17.9. The second-order valence-corrected chi connectivity index (χ2v) is 11.0. The standard InChI is InChI=1S/C18H18IO2.F6P/c1-13(11-20)15-3-7-17(8-4-15)19-18-9-5-16(6-10-18)14(2)12-21;1-7(2,3,4,5)6/h3-14H,1-2H3;/q+1;-1. The van der Waals surface area contributed by atoms with Crippen LogP contribution in [0.2, 0.25) is 0 Å². The first-order chi connectivity index (χ1) is 12.6. The van der Waals surface area contributed by atoms with Gasteiger partial charge < -0.3 is 9.59 Å². The Balaban J connectivity index is 0.000000480. The molecule has 0 bridgehead atoms. The Hall–Kier alpha value is -1.48. The zero-order valence-electron chi connectivity index (χ0n) is 14.8. The van der Waals surface area contributed by atoms with Gasteiger partial charge in [-0.3, -0.25) is 0 Å². The van der Waals surface area contributed by atoms with Crippen molar-refractivity contribution in [3.63, 3.8) is 0 Å². The van der Waals surface area contributed by atoms with E-state index in [2.05, 4.69) is 24.3 Å². The fourth-order valence-corrected chi connectivity index (χ4v) is 4.10. The van der Waals surface area contributed by atoms with Crippen LogP contribution in [-0.2, 0) is 9.59 Å². The van der Waals surface area contributed by atoms with E-state index in [-0.39, 0.29) is 33.0 Å². The van der Waals surface area contributed by atoms with Gasteiger partial charge in [0.25, 0.3) is 0 Å². The van der Waals surface area contributed by atoms with Crippen LogP contribution in [0.1, 0.15) is 36.8 Å². The third kappa shape index (κ3) is 11.4. The van der Waals surface area contributed by atoms with Crippen molar-refractivity contribution in [2.75, 3.05) is 0 Å². The summed E-state index contributed by atoms with van der Waals surface area (Å²) in [6.45, 7) is 3.81. The van der Waals surface area contributed by atoms with Gasteiger partial charge in [-0.1, -0.05) is 38.1 Å². The first-order valence-electron chi connectivity index (χ1n) is 7.91. The molecule has 0 fully saturated rings. The van der Waals surface area contributed by atoms with Crippen LogP contribution in [0.3, 0.4) is 0 Å². The Morgan fingerprint density at radius 1 is 0.679 bits per heavy atom. The number of carbonyl (C=O) groups excluding carboxylic acids is 2. The molecule has 2 atom stereocenters. The fraction of sp³-hybridized carbons (Fsp3) is 0.222. The molecule has 0 aliphatic carbocycles. The van der Waals surface area contributed by atoms with Crippen molar-refractivity contribution in [2.45, 2.75) is 25.7 Å². The maximum absolute atomic E-state index is 10.8. The van der Waals surface area contributed by atoms with Crippen LogP contribution < -0.4 is 21.2 Å². The molecule has 2 nitrogen and oxygen atoms in total. The van der Waals surface area contributed by atoms with Gasteiger partial charge in [-0.25, -0.2) is 0 Å². The van der Waals surface area contributed by atoms with E-state index < -0.39 is 7.81 Å². The maximum atomic E-state index is 10.8. The third-order valence-electron chi connectivity index (χ3n) is 3.42. The van der Waals surface area contributed by atoms with Crippen molar-refractivity contribution >= 4 is 20.4 Å². The normalized spacial score (nSPS) is 15.9. The van der Waals surface area contributed by atoms with Gasteiger partial charge in [-0.15, -0.1) is 0 Å². The Labute approximate surface area is 168 Å². The van der Waals surface area contributed by atoms with Crippen LogP contribution in [0.4, 0.5) is 25.2 Å². The number of halogens is 7. The van der Waals surface area contributed by atoms with E-state index in [9.17, 15) is 34.8 Å². The Bertz CT molecular complexity index is 738. The van der Waals surface area contributed by atoms with Crippen molar-refractivity contribution in [1.82, 2.24) is 0 Å². The number of benzene rings is 2. The zero-order chi connectivity index (χ0) is 21.7. The molecule has 0 saturated heterocycles. The van der Waals surface area contributed by atoms with Gasteiger partial charge in [-0.2, -0.15) is 0 Å². The average molecular weight is 538 g/mol. The minimum atomic E-state index is -10.7. The molecule has 0 radical (unpaired) electrons. The monoisotopic (exact) mass is 538 g/mol. The van der Waals surface area contributed by atoms with Gasteiger partial charge in [0.1, 0.15) is 12.6 Å². The minimum absolute atomic E-state index is 0.0404. The number of aldehydes is 2. The fourth-order valence-electron chi connectivity index (χ4n) is 1.94. The first-order valence-corrected chi connectivity index (χ1v) is 12.1. The van der Waals surface area contributed by atoms with Gasteiger partial charge in [-0.05, 0) is 35.4 Å². The molecule has 28 heavy (non-hydrogen) atoms. The van der Waals surface area contributed by atoms with E-state index in [4.69, 9.17) is 0 Å². The molecule has 2 rings (SSSR count). The second-order valence-electron chi connectivity index (χ2n) is 6.01. The molecule has 0 saturated carbocycles. The summed E-state index contributed by atoms with van der Waals surface area (Å²) in [5.74, 6) is -0.0808. The van der Waals surface area contributed by atoms with Crippen LogP contribution in [-0.4, -0.2) is 12.6 Å². The predicted molar refractivity (Wildman–Crippen MR) is 92.8 cm³/mol. The quantitative estimate of drug-likeness (QED) is 0.243. The van der Waals surface area contributed by atoms with Crippen molar-refractivity contribution in [3.05, 3.63) is 66.8 Å². The van der Waals surface area contributed by atoms with Gasteiger partial charge in [0.05, 0.1) is 0 Å². The van der Waals surface area contributed by atoms with E-state index in [1.807, 2.05) is 38.1 Å². The topological polar surface area (TPSA) is 34.1 Å². The molecular weight excluding hydrogens is 520 g/mol. The van der Waals surface area contributed by atoms with Crippen molar-refractivity contribution in [2.24, 2.45) is 0 Å². The average Bonchev–Trinajstić information content (AvgIpc) is 2.59. The molecular formula is C18H18F6IO2P. The summed E-state index contributed by atoms with van der Waals surface area (Å²) in [5.41, 5.74) is 2.13. The Morgan fingerprint density at radius 2 is 0.929 bits per heavy atom. The number of hydrogen-bond donors (Lipinski definition) is 0.